The van der Waals surface area contributed by atoms with Crippen molar-refractivity contribution in [3.05, 3.63) is 35.4 Å². The van der Waals surface area contributed by atoms with Crippen LogP contribution in [0.25, 0.3) is 0 Å². The quantitative estimate of drug-likeness (QED) is 0.875. The van der Waals surface area contributed by atoms with E-state index in [1.54, 1.807) is 24.3 Å². The summed E-state index contributed by atoms with van der Waals surface area (Å²) in [6, 6.07) is 7.04. The van der Waals surface area contributed by atoms with Crippen LogP contribution in [0, 0.1) is 0 Å². The zero-order chi connectivity index (χ0) is 12.3. The molecule has 1 N–H and O–H groups in total. The number of benzene rings is 1. The summed E-state index contributed by atoms with van der Waals surface area (Å²) in [5, 5.41) is 8.57. The fourth-order valence-corrected chi connectivity index (χ4v) is 1.99. The Balaban J connectivity index is 2.05. The summed E-state index contributed by atoms with van der Waals surface area (Å²) in [7, 11) is 0. The lowest BCUT2D eigenvalue weighted by Gasteiger charge is -2.17. The van der Waals surface area contributed by atoms with Crippen LogP contribution in [0.15, 0.2) is 24.3 Å². The van der Waals surface area contributed by atoms with E-state index in [2.05, 4.69) is 0 Å². The third kappa shape index (κ3) is 2.82. The first-order chi connectivity index (χ1) is 8.10. The van der Waals surface area contributed by atoms with Gasteiger partial charge in [-0.3, -0.25) is 4.79 Å². The summed E-state index contributed by atoms with van der Waals surface area (Å²) < 4.78 is 19.3. The Morgan fingerprint density at radius 2 is 2.12 bits per heavy atom. The normalized spacial score (nSPS) is 23.8. The van der Waals surface area contributed by atoms with Crippen molar-refractivity contribution in [1.29, 1.82) is 0 Å². The number of alkyl halides is 1. The highest BCUT2D eigenvalue weighted by Gasteiger charge is 2.36. The zero-order valence-electron chi connectivity index (χ0n) is 9.49. The van der Waals surface area contributed by atoms with Gasteiger partial charge in [0.1, 0.15) is 0 Å². The molecule has 1 saturated heterocycles. The second-order valence-electron chi connectivity index (χ2n) is 4.36. The lowest BCUT2D eigenvalue weighted by Crippen LogP contribution is -2.19. The van der Waals surface area contributed by atoms with Crippen LogP contribution in [-0.2, 0) is 21.6 Å². The van der Waals surface area contributed by atoms with Crippen molar-refractivity contribution in [3.63, 3.8) is 0 Å². The molecule has 1 unspecified atom stereocenters. The van der Waals surface area contributed by atoms with Crippen LogP contribution in [0.1, 0.15) is 24.0 Å². The molecule has 1 aliphatic heterocycles. The first-order valence-corrected chi connectivity index (χ1v) is 5.68. The van der Waals surface area contributed by atoms with Gasteiger partial charge in [-0.15, -0.1) is 0 Å². The van der Waals surface area contributed by atoms with E-state index in [1.165, 1.54) is 0 Å². The van der Waals surface area contributed by atoms with Gasteiger partial charge in [0, 0.05) is 12.8 Å². The maximum Gasteiger partial charge on any atom is 0.303 e. The van der Waals surface area contributed by atoms with E-state index in [1.807, 2.05) is 0 Å². The summed E-state index contributed by atoms with van der Waals surface area (Å²) in [5.41, 5.74) is 0.165. The van der Waals surface area contributed by atoms with Gasteiger partial charge in [0.15, 0.2) is 5.67 Å². The summed E-state index contributed by atoms with van der Waals surface area (Å²) in [5.74, 6) is -0.819. The summed E-state index contributed by atoms with van der Waals surface area (Å²) >= 11 is 0. The summed E-state index contributed by atoms with van der Waals surface area (Å²) in [6.07, 6.45) is 0.968. The smallest absolute Gasteiger partial charge is 0.303 e. The maximum absolute atomic E-state index is 14.3. The number of aryl methyl sites for hydroxylation is 1. The first-order valence-electron chi connectivity index (χ1n) is 5.68. The van der Waals surface area contributed by atoms with E-state index in [9.17, 15) is 9.18 Å². The minimum Gasteiger partial charge on any atom is -0.481 e. The van der Waals surface area contributed by atoms with E-state index in [0.717, 1.165) is 5.56 Å². The molecule has 3 nitrogen and oxygen atoms in total. The predicted molar refractivity (Wildman–Crippen MR) is 60.6 cm³/mol. The maximum atomic E-state index is 14.3. The van der Waals surface area contributed by atoms with Crippen LogP contribution in [0.3, 0.4) is 0 Å². The molecular weight excluding hydrogens is 223 g/mol. The van der Waals surface area contributed by atoms with Gasteiger partial charge in [-0.05, 0) is 17.5 Å². The molecule has 1 aliphatic rings. The second-order valence-corrected chi connectivity index (χ2v) is 4.36. The number of carbonyl (C=O) groups is 1. The number of carboxylic acid groups (broad SMARTS) is 1. The molecule has 0 spiro atoms. The standard InChI is InChI=1S/C13H15FO3/c14-13(7-8-17-9-13)11-4-1-10(2-5-11)3-6-12(15)16/h1-2,4-5H,3,6-9H2,(H,15,16). The predicted octanol–water partition coefficient (Wildman–Crippen LogP) is 2.29. The van der Waals surface area contributed by atoms with Gasteiger partial charge in [0.25, 0.3) is 0 Å². The molecule has 0 saturated carbocycles. The van der Waals surface area contributed by atoms with E-state index in [-0.39, 0.29) is 13.0 Å². The molecule has 1 aromatic carbocycles. The van der Waals surface area contributed by atoms with Gasteiger partial charge in [-0.2, -0.15) is 0 Å². The third-order valence-electron chi connectivity index (χ3n) is 3.07. The molecule has 0 aliphatic carbocycles. The number of ether oxygens (including phenoxy) is 1. The van der Waals surface area contributed by atoms with Gasteiger partial charge >= 0.3 is 5.97 Å². The Morgan fingerprint density at radius 1 is 1.41 bits per heavy atom. The van der Waals surface area contributed by atoms with Crippen LogP contribution >= 0.6 is 0 Å². The number of halogens is 1. The molecule has 1 atom stereocenters. The van der Waals surface area contributed by atoms with Crippen LogP contribution in [0.5, 0.6) is 0 Å². The second kappa shape index (κ2) is 4.84. The molecule has 4 heteroatoms. The van der Waals surface area contributed by atoms with Gasteiger partial charge in [-0.1, -0.05) is 24.3 Å². The molecule has 0 aromatic heterocycles. The Hall–Kier alpha value is -1.42. The van der Waals surface area contributed by atoms with Crippen LogP contribution in [0.4, 0.5) is 4.39 Å². The fraction of sp³-hybridized carbons (Fsp3) is 0.462. The summed E-state index contributed by atoms with van der Waals surface area (Å²) in [6.45, 7) is 0.568. The lowest BCUT2D eigenvalue weighted by atomic mass is 9.94. The molecule has 0 amide bonds. The molecule has 17 heavy (non-hydrogen) atoms. The molecular formula is C13H15FO3. The van der Waals surface area contributed by atoms with Crippen molar-refractivity contribution in [2.75, 3.05) is 13.2 Å². The molecule has 1 aromatic rings. The van der Waals surface area contributed by atoms with Crippen molar-refractivity contribution in [2.45, 2.75) is 24.9 Å². The van der Waals surface area contributed by atoms with Gasteiger partial charge in [0.05, 0.1) is 13.2 Å². The Kier molecular flexibility index (Phi) is 3.43. The molecule has 2 rings (SSSR count). The Labute approximate surface area is 99.2 Å². The number of hydrogen-bond donors (Lipinski definition) is 1. The number of rotatable bonds is 4. The molecule has 0 bridgehead atoms. The highest BCUT2D eigenvalue weighted by molar-refractivity contribution is 5.67. The Morgan fingerprint density at radius 3 is 2.65 bits per heavy atom. The highest BCUT2D eigenvalue weighted by atomic mass is 19.1. The Bertz CT molecular complexity index is 394. The average molecular weight is 238 g/mol. The minimum atomic E-state index is -1.37. The van der Waals surface area contributed by atoms with Gasteiger partial charge in [-0.25, -0.2) is 4.39 Å². The van der Waals surface area contributed by atoms with Crippen molar-refractivity contribution in [3.8, 4) is 0 Å². The zero-order valence-corrected chi connectivity index (χ0v) is 9.49. The van der Waals surface area contributed by atoms with Crippen LogP contribution in [0.2, 0.25) is 0 Å². The van der Waals surface area contributed by atoms with E-state index in [4.69, 9.17) is 9.84 Å². The SMILES string of the molecule is O=C(O)CCc1ccc(C2(F)CCOC2)cc1. The first kappa shape index (κ1) is 12.0. The van der Waals surface area contributed by atoms with Crippen LogP contribution < -0.4 is 0 Å². The van der Waals surface area contributed by atoms with Gasteiger partial charge < -0.3 is 9.84 Å². The molecule has 92 valence electrons. The monoisotopic (exact) mass is 238 g/mol. The number of aliphatic carboxylic acids is 1. The third-order valence-corrected chi connectivity index (χ3v) is 3.07. The minimum absolute atomic E-state index is 0.100. The van der Waals surface area contributed by atoms with Crippen molar-refractivity contribution >= 4 is 5.97 Å². The van der Waals surface area contributed by atoms with Crippen molar-refractivity contribution < 1.29 is 19.0 Å². The number of hydrogen-bond acceptors (Lipinski definition) is 2. The lowest BCUT2D eigenvalue weighted by molar-refractivity contribution is -0.136. The largest absolute Gasteiger partial charge is 0.481 e. The van der Waals surface area contributed by atoms with Crippen molar-refractivity contribution in [2.24, 2.45) is 0 Å². The van der Waals surface area contributed by atoms with E-state index >= 15 is 0 Å². The highest BCUT2D eigenvalue weighted by Crippen LogP contribution is 2.34. The molecule has 1 heterocycles. The van der Waals surface area contributed by atoms with Gasteiger partial charge in [0.2, 0.25) is 0 Å². The van der Waals surface area contributed by atoms with E-state index < -0.39 is 11.6 Å². The molecule has 1 fully saturated rings. The van der Waals surface area contributed by atoms with Crippen LogP contribution in [-0.4, -0.2) is 24.3 Å². The summed E-state index contributed by atoms with van der Waals surface area (Å²) in [4.78, 5) is 10.4. The van der Waals surface area contributed by atoms with Crippen molar-refractivity contribution in [1.82, 2.24) is 0 Å². The topological polar surface area (TPSA) is 46.5 Å². The van der Waals surface area contributed by atoms with E-state index in [0.29, 0.717) is 25.0 Å². The fourth-order valence-electron chi connectivity index (χ4n) is 1.99. The molecule has 0 radical (unpaired) electrons. The number of carboxylic acids is 1. The average Bonchev–Trinajstić information content (AvgIpc) is 2.75.